The van der Waals surface area contributed by atoms with Gasteiger partial charge in [-0.15, -0.1) is 0 Å². The van der Waals surface area contributed by atoms with Crippen molar-refractivity contribution in [3.05, 3.63) is 58.7 Å². The van der Waals surface area contributed by atoms with Crippen molar-refractivity contribution in [3.8, 4) is 5.75 Å². The van der Waals surface area contributed by atoms with E-state index in [4.69, 9.17) is 4.74 Å². The van der Waals surface area contributed by atoms with Crippen molar-refractivity contribution in [1.82, 2.24) is 9.21 Å². The van der Waals surface area contributed by atoms with E-state index in [-0.39, 0.29) is 29.9 Å². The maximum absolute atomic E-state index is 13.4. The number of carbonyl (C=O) groups is 1. The zero-order valence-electron chi connectivity index (χ0n) is 16.3. The van der Waals surface area contributed by atoms with Crippen LogP contribution in [0.2, 0.25) is 0 Å². The molecule has 1 amide bonds. The van der Waals surface area contributed by atoms with E-state index in [0.717, 1.165) is 17.5 Å². The molecule has 0 saturated carbocycles. The van der Waals surface area contributed by atoms with Crippen LogP contribution in [0.25, 0.3) is 0 Å². The summed E-state index contributed by atoms with van der Waals surface area (Å²) in [5.41, 5.74) is 3.60. The van der Waals surface area contributed by atoms with E-state index in [1.165, 1.54) is 9.87 Å². The van der Waals surface area contributed by atoms with Gasteiger partial charge >= 0.3 is 0 Å². The molecule has 0 radical (unpaired) electrons. The standard InChI is InChI=1S/C21H24N2O4S/c1-14-11-20(15(2)10-19(14)27-3)28(25,26)22-12-18-17-7-5-4-6-16(17)8-9-23(18)21(24)13-22/h4-7,10-11,18H,8-9,12-13H2,1-3H3. The van der Waals surface area contributed by atoms with Gasteiger partial charge < -0.3 is 9.64 Å². The van der Waals surface area contributed by atoms with Gasteiger partial charge in [0.05, 0.1) is 24.6 Å². The van der Waals surface area contributed by atoms with Crippen LogP contribution in [0.5, 0.6) is 5.75 Å². The molecular formula is C21H24N2O4S. The molecule has 2 aliphatic rings. The molecule has 2 heterocycles. The number of methoxy groups -OCH3 is 1. The average molecular weight is 401 g/mol. The van der Waals surface area contributed by atoms with E-state index in [1.54, 1.807) is 26.2 Å². The number of aryl methyl sites for hydroxylation is 2. The highest BCUT2D eigenvalue weighted by Gasteiger charge is 2.41. The lowest BCUT2D eigenvalue weighted by Gasteiger charge is -2.44. The Hall–Kier alpha value is -2.38. The molecule has 1 atom stereocenters. The Kier molecular flexibility index (Phi) is 4.67. The Balaban J connectivity index is 1.73. The van der Waals surface area contributed by atoms with E-state index in [9.17, 15) is 13.2 Å². The summed E-state index contributed by atoms with van der Waals surface area (Å²) in [7, 11) is -2.23. The number of sulfonamides is 1. The molecule has 0 aliphatic carbocycles. The fourth-order valence-corrected chi connectivity index (χ4v) is 5.92. The summed E-state index contributed by atoms with van der Waals surface area (Å²) < 4.78 is 33.4. The van der Waals surface area contributed by atoms with Gasteiger partial charge in [0.25, 0.3) is 0 Å². The summed E-state index contributed by atoms with van der Waals surface area (Å²) in [6.07, 6.45) is 0.807. The molecule has 0 bridgehead atoms. The third kappa shape index (κ3) is 2.99. The molecule has 0 N–H and O–H groups in total. The van der Waals surface area contributed by atoms with Gasteiger partial charge in [-0.2, -0.15) is 4.31 Å². The lowest BCUT2D eigenvalue weighted by atomic mass is 9.91. The van der Waals surface area contributed by atoms with E-state index >= 15 is 0 Å². The van der Waals surface area contributed by atoms with E-state index in [0.29, 0.717) is 17.9 Å². The minimum Gasteiger partial charge on any atom is -0.496 e. The van der Waals surface area contributed by atoms with Crippen LogP contribution in [-0.4, -0.2) is 50.3 Å². The highest BCUT2D eigenvalue weighted by Crippen LogP contribution is 2.36. The Morgan fingerprint density at radius 2 is 1.86 bits per heavy atom. The van der Waals surface area contributed by atoms with Gasteiger partial charge in [-0.05, 0) is 54.7 Å². The van der Waals surface area contributed by atoms with Crippen LogP contribution >= 0.6 is 0 Å². The topological polar surface area (TPSA) is 66.9 Å². The summed E-state index contributed by atoms with van der Waals surface area (Å²) in [6.45, 7) is 4.36. The van der Waals surface area contributed by atoms with Crippen molar-refractivity contribution in [2.75, 3.05) is 26.7 Å². The molecule has 1 saturated heterocycles. The van der Waals surface area contributed by atoms with Crippen LogP contribution in [0, 0.1) is 13.8 Å². The first-order chi connectivity index (χ1) is 13.3. The first-order valence-corrected chi connectivity index (χ1v) is 10.8. The highest BCUT2D eigenvalue weighted by molar-refractivity contribution is 7.89. The minimum atomic E-state index is -3.80. The molecule has 28 heavy (non-hydrogen) atoms. The molecule has 4 rings (SSSR count). The molecule has 6 nitrogen and oxygen atoms in total. The SMILES string of the molecule is COc1cc(C)c(S(=O)(=O)N2CC(=O)N3CCc4ccccc4C3C2)cc1C. The summed E-state index contributed by atoms with van der Waals surface area (Å²) in [5.74, 6) is 0.510. The zero-order valence-corrected chi connectivity index (χ0v) is 17.1. The monoisotopic (exact) mass is 400 g/mol. The number of amides is 1. The first kappa shape index (κ1) is 19.0. The van der Waals surface area contributed by atoms with Crippen molar-refractivity contribution in [1.29, 1.82) is 0 Å². The summed E-state index contributed by atoms with van der Waals surface area (Å²) >= 11 is 0. The van der Waals surface area contributed by atoms with Gasteiger partial charge in [0, 0.05) is 13.1 Å². The van der Waals surface area contributed by atoms with Crippen molar-refractivity contribution in [2.24, 2.45) is 0 Å². The summed E-state index contributed by atoms with van der Waals surface area (Å²) in [6, 6.07) is 11.1. The Morgan fingerprint density at radius 1 is 1.11 bits per heavy atom. The summed E-state index contributed by atoms with van der Waals surface area (Å²) in [5, 5.41) is 0. The molecular weight excluding hydrogens is 376 g/mol. The lowest BCUT2D eigenvalue weighted by molar-refractivity contribution is -0.138. The zero-order chi connectivity index (χ0) is 20.1. The fourth-order valence-electron chi connectivity index (χ4n) is 4.23. The van der Waals surface area contributed by atoms with Crippen LogP contribution in [0.4, 0.5) is 0 Å². The molecule has 0 aromatic heterocycles. The van der Waals surface area contributed by atoms with Gasteiger partial charge in [-0.25, -0.2) is 8.42 Å². The second kappa shape index (κ2) is 6.90. The quantitative estimate of drug-likeness (QED) is 0.794. The van der Waals surface area contributed by atoms with Gasteiger partial charge in [0.15, 0.2) is 0 Å². The second-order valence-corrected chi connectivity index (χ2v) is 9.34. The number of fused-ring (bicyclic) bond motifs is 3. The number of hydrogen-bond acceptors (Lipinski definition) is 4. The molecule has 148 valence electrons. The number of hydrogen-bond donors (Lipinski definition) is 0. The van der Waals surface area contributed by atoms with Crippen LogP contribution < -0.4 is 4.74 Å². The molecule has 2 aromatic rings. The van der Waals surface area contributed by atoms with E-state index < -0.39 is 10.0 Å². The maximum Gasteiger partial charge on any atom is 0.243 e. The van der Waals surface area contributed by atoms with Crippen molar-refractivity contribution >= 4 is 15.9 Å². The van der Waals surface area contributed by atoms with E-state index in [2.05, 4.69) is 6.07 Å². The van der Waals surface area contributed by atoms with Gasteiger partial charge in [-0.3, -0.25) is 4.79 Å². The first-order valence-electron chi connectivity index (χ1n) is 9.35. The lowest BCUT2D eigenvalue weighted by Crippen LogP contribution is -2.55. The smallest absolute Gasteiger partial charge is 0.243 e. The van der Waals surface area contributed by atoms with E-state index in [1.807, 2.05) is 30.0 Å². The Labute approximate surface area is 165 Å². The Bertz CT molecular complexity index is 1050. The number of nitrogens with zero attached hydrogens (tertiary/aromatic N) is 2. The van der Waals surface area contributed by atoms with Crippen LogP contribution in [0.15, 0.2) is 41.3 Å². The van der Waals surface area contributed by atoms with Crippen LogP contribution in [0.1, 0.15) is 28.3 Å². The maximum atomic E-state index is 13.4. The number of carbonyl (C=O) groups excluding carboxylic acids is 1. The van der Waals surface area contributed by atoms with Gasteiger partial charge in [0.1, 0.15) is 5.75 Å². The third-order valence-corrected chi connectivity index (χ3v) is 7.68. The molecule has 0 spiro atoms. The highest BCUT2D eigenvalue weighted by atomic mass is 32.2. The number of piperazine rings is 1. The third-order valence-electron chi connectivity index (χ3n) is 5.73. The van der Waals surface area contributed by atoms with Gasteiger partial charge in [-0.1, -0.05) is 24.3 Å². The largest absolute Gasteiger partial charge is 0.496 e. The predicted octanol–water partition coefficient (Wildman–Crippen LogP) is 2.44. The van der Waals surface area contributed by atoms with Crippen molar-refractivity contribution in [3.63, 3.8) is 0 Å². The molecule has 2 aromatic carbocycles. The fraction of sp³-hybridized carbons (Fsp3) is 0.381. The Morgan fingerprint density at radius 3 is 2.61 bits per heavy atom. The normalized spacial score (nSPS) is 19.9. The van der Waals surface area contributed by atoms with Gasteiger partial charge in [0.2, 0.25) is 15.9 Å². The van der Waals surface area contributed by atoms with Crippen LogP contribution in [-0.2, 0) is 21.2 Å². The molecule has 1 fully saturated rings. The number of benzene rings is 2. The minimum absolute atomic E-state index is 0.120. The van der Waals surface area contributed by atoms with Crippen molar-refractivity contribution < 1.29 is 17.9 Å². The second-order valence-electron chi connectivity index (χ2n) is 7.44. The molecule has 7 heteroatoms. The number of rotatable bonds is 3. The number of ether oxygens (including phenoxy) is 1. The van der Waals surface area contributed by atoms with Crippen LogP contribution in [0.3, 0.4) is 0 Å². The average Bonchev–Trinajstić information content (AvgIpc) is 2.69. The van der Waals surface area contributed by atoms with Crippen molar-refractivity contribution in [2.45, 2.75) is 31.2 Å². The summed E-state index contributed by atoms with van der Waals surface area (Å²) in [4.78, 5) is 14.8. The molecule has 2 aliphatic heterocycles. The molecule has 1 unspecified atom stereocenters. The predicted molar refractivity (Wildman–Crippen MR) is 106 cm³/mol.